The summed E-state index contributed by atoms with van der Waals surface area (Å²) in [5, 5.41) is 3.77. The number of aromatic nitrogens is 3. The smallest absolute Gasteiger partial charge is 0.320 e. The molecule has 1 amide bonds. The molecule has 28 heavy (non-hydrogen) atoms. The second-order valence-corrected chi connectivity index (χ2v) is 6.87. The molecule has 6 nitrogen and oxygen atoms in total. The number of benzene rings is 2. The summed E-state index contributed by atoms with van der Waals surface area (Å²) in [6.45, 7) is 5.68. The van der Waals surface area contributed by atoms with Crippen molar-refractivity contribution in [2.45, 2.75) is 20.8 Å². The van der Waals surface area contributed by atoms with Crippen LogP contribution in [0.2, 0.25) is 0 Å². The van der Waals surface area contributed by atoms with Gasteiger partial charge < -0.3 is 10.3 Å². The second kappa shape index (κ2) is 6.81. The summed E-state index contributed by atoms with van der Waals surface area (Å²) in [5.41, 5.74) is 4.85. The Morgan fingerprint density at radius 1 is 1.07 bits per heavy atom. The van der Waals surface area contributed by atoms with Crippen LogP contribution in [-0.2, 0) is 0 Å². The van der Waals surface area contributed by atoms with Gasteiger partial charge >= 0.3 is 5.69 Å². The molecular formula is C22H20N4O2. The number of amides is 1. The van der Waals surface area contributed by atoms with Gasteiger partial charge in [-0.15, -0.1) is 0 Å². The number of fused-ring (bicyclic) bond motifs is 1. The van der Waals surface area contributed by atoms with E-state index in [1.165, 1.54) is 4.57 Å². The van der Waals surface area contributed by atoms with Crippen LogP contribution in [0.1, 0.15) is 27.3 Å². The lowest BCUT2D eigenvalue weighted by atomic mass is 10.0. The minimum absolute atomic E-state index is 0.241. The molecule has 0 unspecified atom stereocenters. The summed E-state index contributed by atoms with van der Waals surface area (Å²) < 4.78 is 1.54. The van der Waals surface area contributed by atoms with Crippen LogP contribution in [0.25, 0.3) is 16.6 Å². The average molecular weight is 372 g/mol. The summed E-state index contributed by atoms with van der Waals surface area (Å²) in [5.74, 6) is -0.241. The third-order valence-electron chi connectivity index (χ3n) is 4.69. The topological polar surface area (TPSA) is 79.8 Å². The number of aromatic amines is 1. The maximum Gasteiger partial charge on any atom is 0.330 e. The van der Waals surface area contributed by atoms with Crippen LogP contribution >= 0.6 is 0 Å². The van der Waals surface area contributed by atoms with Crippen molar-refractivity contribution in [2.24, 2.45) is 0 Å². The molecule has 0 atom stereocenters. The minimum atomic E-state index is -0.250. The van der Waals surface area contributed by atoms with Gasteiger partial charge in [0.05, 0.1) is 22.5 Å². The molecule has 0 spiro atoms. The second-order valence-electron chi connectivity index (χ2n) is 6.87. The number of carbonyl (C=O) groups is 1. The first-order valence-corrected chi connectivity index (χ1v) is 9.00. The minimum Gasteiger partial charge on any atom is -0.320 e. The largest absolute Gasteiger partial charge is 0.330 e. The van der Waals surface area contributed by atoms with Crippen molar-refractivity contribution in [3.05, 3.63) is 87.7 Å². The van der Waals surface area contributed by atoms with Gasteiger partial charge in [0, 0.05) is 23.0 Å². The Morgan fingerprint density at radius 3 is 2.61 bits per heavy atom. The van der Waals surface area contributed by atoms with Gasteiger partial charge in [0.15, 0.2) is 0 Å². The van der Waals surface area contributed by atoms with Crippen molar-refractivity contribution >= 4 is 22.5 Å². The lowest BCUT2D eigenvalue weighted by molar-refractivity contribution is 0.102. The highest BCUT2D eigenvalue weighted by atomic mass is 16.2. The molecule has 0 saturated heterocycles. The predicted molar refractivity (Wildman–Crippen MR) is 110 cm³/mol. The van der Waals surface area contributed by atoms with Gasteiger partial charge in [-0.3, -0.25) is 14.3 Å². The van der Waals surface area contributed by atoms with E-state index in [4.69, 9.17) is 0 Å². The molecular weight excluding hydrogens is 352 g/mol. The molecule has 0 bridgehead atoms. The number of pyridine rings is 1. The fourth-order valence-corrected chi connectivity index (χ4v) is 3.38. The van der Waals surface area contributed by atoms with Gasteiger partial charge in [0.2, 0.25) is 0 Å². The van der Waals surface area contributed by atoms with Crippen LogP contribution in [0.5, 0.6) is 0 Å². The van der Waals surface area contributed by atoms with Crippen LogP contribution < -0.4 is 11.0 Å². The molecule has 0 aliphatic rings. The number of para-hydroxylation sites is 2. The zero-order valence-corrected chi connectivity index (χ0v) is 15.9. The Balaban J connectivity index is 1.80. The zero-order valence-electron chi connectivity index (χ0n) is 15.9. The SMILES string of the molecule is Cc1ccc2nc(C)cc(C(=O)Nc3ccccc3-n3c(C)c[nH]c3=O)c2c1. The van der Waals surface area contributed by atoms with Gasteiger partial charge in [0.1, 0.15) is 0 Å². The first-order valence-electron chi connectivity index (χ1n) is 9.00. The summed E-state index contributed by atoms with van der Waals surface area (Å²) in [6.07, 6.45) is 1.64. The summed E-state index contributed by atoms with van der Waals surface area (Å²) in [4.78, 5) is 32.5. The quantitative estimate of drug-likeness (QED) is 0.572. The number of carbonyl (C=O) groups excluding carboxylic acids is 1. The Kier molecular flexibility index (Phi) is 4.31. The number of nitrogens with one attached hydrogen (secondary N) is 2. The molecule has 2 aromatic carbocycles. The van der Waals surface area contributed by atoms with E-state index in [0.29, 0.717) is 16.9 Å². The zero-order chi connectivity index (χ0) is 19.8. The van der Waals surface area contributed by atoms with Crippen LogP contribution in [0, 0.1) is 20.8 Å². The number of hydrogen-bond acceptors (Lipinski definition) is 3. The highest BCUT2D eigenvalue weighted by Crippen LogP contribution is 2.24. The van der Waals surface area contributed by atoms with Crippen molar-refractivity contribution in [3.8, 4) is 5.69 Å². The Bertz CT molecular complexity index is 1270. The molecule has 2 heterocycles. The lowest BCUT2D eigenvalue weighted by Gasteiger charge is -2.14. The van der Waals surface area contributed by atoms with Gasteiger partial charge in [-0.1, -0.05) is 23.8 Å². The fourth-order valence-electron chi connectivity index (χ4n) is 3.38. The van der Waals surface area contributed by atoms with E-state index in [9.17, 15) is 9.59 Å². The molecule has 140 valence electrons. The van der Waals surface area contributed by atoms with Gasteiger partial charge in [0.25, 0.3) is 5.91 Å². The third kappa shape index (κ3) is 3.09. The maximum atomic E-state index is 13.1. The van der Waals surface area contributed by atoms with Gasteiger partial charge in [-0.2, -0.15) is 0 Å². The molecule has 4 aromatic rings. The van der Waals surface area contributed by atoms with E-state index in [-0.39, 0.29) is 11.6 Å². The number of H-pyrrole nitrogens is 1. The third-order valence-corrected chi connectivity index (χ3v) is 4.69. The molecule has 2 N–H and O–H groups in total. The Hall–Kier alpha value is -3.67. The van der Waals surface area contributed by atoms with Crippen molar-refractivity contribution < 1.29 is 4.79 Å². The Morgan fingerprint density at radius 2 is 1.86 bits per heavy atom. The average Bonchev–Trinajstić information content (AvgIpc) is 3.00. The van der Waals surface area contributed by atoms with E-state index in [1.807, 2.05) is 51.1 Å². The maximum absolute atomic E-state index is 13.1. The molecule has 6 heteroatoms. The normalized spacial score (nSPS) is 11.0. The number of hydrogen-bond donors (Lipinski definition) is 2. The van der Waals surface area contributed by atoms with Crippen LogP contribution in [-0.4, -0.2) is 20.4 Å². The van der Waals surface area contributed by atoms with E-state index in [2.05, 4.69) is 15.3 Å². The summed E-state index contributed by atoms with van der Waals surface area (Å²) >= 11 is 0. The van der Waals surface area contributed by atoms with Gasteiger partial charge in [-0.05, 0) is 51.1 Å². The van der Waals surface area contributed by atoms with Crippen molar-refractivity contribution in [2.75, 3.05) is 5.32 Å². The number of anilines is 1. The highest BCUT2D eigenvalue weighted by Gasteiger charge is 2.16. The molecule has 0 aliphatic carbocycles. The standard InChI is InChI=1S/C22H20N4O2/c1-13-8-9-18-16(10-13)17(11-14(2)24-18)21(27)25-19-6-4-5-7-20(19)26-15(3)12-23-22(26)28/h4-12H,1-3H3,(H,23,28)(H,25,27). The van der Waals surface area contributed by atoms with Crippen LogP contribution in [0.15, 0.2) is 59.5 Å². The highest BCUT2D eigenvalue weighted by molar-refractivity contribution is 6.13. The fraction of sp³-hybridized carbons (Fsp3) is 0.136. The van der Waals surface area contributed by atoms with Crippen molar-refractivity contribution in [1.82, 2.24) is 14.5 Å². The molecule has 0 aliphatic heterocycles. The van der Waals surface area contributed by atoms with E-state index in [0.717, 1.165) is 27.9 Å². The molecule has 0 fully saturated rings. The lowest BCUT2D eigenvalue weighted by Crippen LogP contribution is -2.20. The summed E-state index contributed by atoms with van der Waals surface area (Å²) in [7, 11) is 0. The van der Waals surface area contributed by atoms with Crippen LogP contribution in [0.3, 0.4) is 0 Å². The number of nitrogens with zero attached hydrogens (tertiary/aromatic N) is 2. The number of aryl methyl sites for hydroxylation is 3. The first kappa shape index (κ1) is 17.7. The van der Waals surface area contributed by atoms with E-state index in [1.54, 1.807) is 24.4 Å². The van der Waals surface area contributed by atoms with Crippen LogP contribution in [0.4, 0.5) is 5.69 Å². The summed E-state index contributed by atoms with van der Waals surface area (Å²) in [6, 6.07) is 14.9. The predicted octanol–water partition coefficient (Wildman–Crippen LogP) is 3.89. The van der Waals surface area contributed by atoms with Gasteiger partial charge in [-0.25, -0.2) is 4.79 Å². The number of rotatable bonds is 3. The molecule has 2 aromatic heterocycles. The molecule has 4 rings (SSSR count). The molecule has 0 saturated carbocycles. The van der Waals surface area contributed by atoms with E-state index < -0.39 is 0 Å². The van der Waals surface area contributed by atoms with Crippen molar-refractivity contribution in [1.29, 1.82) is 0 Å². The first-order chi connectivity index (χ1) is 13.4. The van der Waals surface area contributed by atoms with Crippen molar-refractivity contribution in [3.63, 3.8) is 0 Å². The Labute approximate surface area is 161 Å². The molecule has 0 radical (unpaired) electrons. The number of imidazole rings is 1. The van der Waals surface area contributed by atoms with E-state index >= 15 is 0 Å². The monoisotopic (exact) mass is 372 g/mol.